The number of hydrogen-bond donors (Lipinski definition) is 1. The third kappa shape index (κ3) is 3.06. The quantitative estimate of drug-likeness (QED) is 0.817. The van der Waals surface area contributed by atoms with Crippen LogP contribution in [0, 0.1) is 0 Å². The summed E-state index contributed by atoms with van der Waals surface area (Å²) < 4.78 is 5.02. The first kappa shape index (κ1) is 11.7. The van der Waals surface area contributed by atoms with Gasteiger partial charge in [0.1, 0.15) is 11.4 Å². The molecule has 0 aliphatic rings. The summed E-state index contributed by atoms with van der Waals surface area (Å²) in [6.45, 7) is 2.92. The van der Waals surface area contributed by atoms with Crippen LogP contribution < -0.4 is 4.74 Å². The fraction of sp³-hybridized carbons (Fsp3) is 0.417. The average Bonchev–Trinajstić information content (AvgIpc) is 2.18. The molecule has 0 bridgehead atoms. The van der Waals surface area contributed by atoms with Gasteiger partial charge in [-0.15, -0.1) is 0 Å². The first-order chi connectivity index (χ1) is 6.95. The Morgan fingerprint density at radius 1 is 1.40 bits per heavy atom. The van der Waals surface area contributed by atoms with E-state index in [-0.39, 0.29) is 5.78 Å². The minimum Gasteiger partial charge on any atom is -0.497 e. The van der Waals surface area contributed by atoms with Crippen LogP contribution in [0.1, 0.15) is 19.4 Å². The largest absolute Gasteiger partial charge is 0.497 e. The lowest BCUT2D eigenvalue weighted by atomic mass is 9.93. The number of ether oxygens (including phenoxy) is 1. The molecule has 82 valence electrons. The predicted octanol–water partition coefficient (Wildman–Crippen LogP) is 1.58. The van der Waals surface area contributed by atoms with Crippen molar-refractivity contribution in [2.75, 3.05) is 7.11 Å². The van der Waals surface area contributed by atoms with E-state index in [1.54, 1.807) is 7.11 Å². The molecule has 1 N–H and O–H groups in total. The van der Waals surface area contributed by atoms with Crippen molar-refractivity contribution in [3.63, 3.8) is 0 Å². The van der Waals surface area contributed by atoms with Crippen molar-refractivity contribution >= 4 is 5.78 Å². The number of aliphatic hydroxyl groups is 1. The molecule has 0 aliphatic heterocycles. The molecule has 0 saturated heterocycles. The highest BCUT2D eigenvalue weighted by molar-refractivity contribution is 5.84. The average molecular weight is 208 g/mol. The number of carbonyl (C=O) groups is 1. The van der Waals surface area contributed by atoms with Gasteiger partial charge in [0, 0.05) is 6.42 Å². The van der Waals surface area contributed by atoms with Gasteiger partial charge in [-0.3, -0.25) is 4.79 Å². The van der Waals surface area contributed by atoms with Crippen molar-refractivity contribution in [3.05, 3.63) is 29.8 Å². The van der Waals surface area contributed by atoms with Gasteiger partial charge < -0.3 is 9.84 Å². The van der Waals surface area contributed by atoms with E-state index in [2.05, 4.69) is 0 Å². The minimum absolute atomic E-state index is 0.224. The van der Waals surface area contributed by atoms with Gasteiger partial charge in [-0.2, -0.15) is 0 Å². The van der Waals surface area contributed by atoms with Crippen LogP contribution in [0.25, 0.3) is 0 Å². The Labute approximate surface area is 89.7 Å². The number of Topliss-reactive ketones (excluding diaryl/α,β-unsaturated/α-hetero) is 1. The molecule has 3 heteroatoms. The summed E-state index contributed by atoms with van der Waals surface area (Å²) in [5.41, 5.74) is -0.370. The van der Waals surface area contributed by atoms with Crippen molar-refractivity contribution in [1.82, 2.24) is 0 Å². The Bertz CT molecular complexity index is 338. The molecular weight excluding hydrogens is 192 g/mol. The maximum Gasteiger partial charge on any atom is 0.161 e. The second-order valence-electron chi connectivity index (χ2n) is 3.85. The fourth-order valence-corrected chi connectivity index (χ4v) is 1.27. The molecule has 0 spiro atoms. The van der Waals surface area contributed by atoms with Gasteiger partial charge in [0.25, 0.3) is 0 Å². The van der Waals surface area contributed by atoms with Crippen LogP contribution in [-0.2, 0) is 11.2 Å². The van der Waals surface area contributed by atoms with E-state index in [0.717, 1.165) is 11.3 Å². The third-order valence-electron chi connectivity index (χ3n) is 2.47. The Balaban J connectivity index is 2.77. The monoisotopic (exact) mass is 208 g/mol. The number of rotatable bonds is 4. The van der Waals surface area contributed by atoms with Gasteiger partial charge in [-0.25, -0.2) is 0 Å². The Hall–Kier alpha value is -1.35. The Morgan fingerprint density at radius 3 is 2.33 bits per heavy atom. The first-order valence-electron chi connectivity index (χ1n) is 4.82. The smallest absolute Gasteiger partial charge is 0.161 e. The molecule has 0 saturated carbocycles. The summed E-state index contributed by atoms with van der Waals surface area (Å²) in [4.78, 5) is 11.1. The molecule has 1 rings (SSSR count). The van der Waals surface area contributed by atoms with Crippen LogP contribution in [0.5, 0.6) is 5.75 Å². The molecule has 0 amide bonds. The lowest BCUT2D eigenvalue weighted by molar-refractivity contribution is -0.133. The summed E-state index contributed by atoms with van der Waals surface area (Å²) in [6.07, 6.45) is 0.326. The molecule has 1 aromatic rings. The summed E-state index contributed by atoms with van der Waals surface area (Å²) >= 11 is 0. The highest BCUT2D eigenvalue weighted by Gasteiger charge is 2.26. The van der Waals surface area contributed by atoms with E-state index in [0.29, 0.717) is 6.42 Å². The van der Waals surface area contributed by atoms with Crippen molar-refractivity contribution in [1.29, 1.82) is 0 Å². The normalized spacial score (nSPS) is 14.4. The molecule has 15 heavy (non-hydrogen) atoms. The molecule has 3 nitrogen and oxygen atoms in total. The van der Waals surface area contributed by atoms with Crippen molar-refractivity contribution in [2.24, 2.45) is 0 Å². The predicted molar refractivity (Wildman–Crippen MR) is 58.0 cm³/mol. The highest BCUT2D eigenvalue weighted by atomic mass is 16.5. The van der Waals surface area contributed by atoms with Gasteiger partial charge in [-0.05, 0) is 31.5 Å². The van der Waals surface area contributed by atoms with Crippen LogP contribution in [-0.4, -0.2) is 23.6 Å². The van der Waals surface area contributed by atoms with Crippen molar-refractivity contribution < 1.29 is 14.6 Å². The number of hydrogen-bond acceptors (Lipinski definition) is 3. The van der Waals surface area contributed by atoms with E-state index in [9.17, 15) is 9.90 Å². The maximum absolute atomic E-state index is 11.1. The lowest BCUT2D eigenvalue weighted by Gasteiger charge is -2.19. The Kier molecular flexibility index (Phi) is 3.48. The fourth-order valence-electron chi connectivity index (χ4n) is 1.27. The van der Waals surface area contributed by atoms with Crippen molar-refractivity contribution in [3.8, 4) is 5.75 Å². The van der Waals surface area contributed by atoms with Crippen LogP contribution in [0.4, 0.5) is 0 Å². The minimum atomic E-state index is -1.28. The molecule has 1 aromatic carbocycles. The molecule has 0 heterocycles. The van der Waals surface area contributed by atoms with Gasteiger partial charge >= 0.3 is 0 Å². The summed E-state index contributed by atoms with van der Waals surface area (Å²) in [6, 6.07) is 7.31. The van der Waals surface area contributed by atoms with Crippen LogP contribution in [0.3, 0.4) is 0 Å². The molecule has 1 atom stereocenters. The van der Waals surface area contributed by atoms with Gasteiger partial charge in [-0.1, -0.05) is 12.1 Å². The Morgan fingerprint density at radius 2 is 1.93 bits per heavy atom. The molecule has 0 fully saturated rings. The van der Waals surface area contributed by atoms with Crippen LogP contribution in [0.15, 0.2) is 24.3 Å². The first-order valence-corrected chi connectivity index (χ1v) is 4.82. The standard InChI is InChI=1S/C12H16O3/c1-9(13)12(2,14)8-10-4-6-11(15-3)7-5-10/h4-7,14H,8H2,1-3H3. The van der Waals surface area contributed by atoms with Gasteiger partial charge in [0.05, 0.1) is 7.11 Å². The maximum atomic E-state index is 11.1. The molecular formula is C12H16O3. The third-order valence-corrected chi connectivity index (χ3v) is 2.47. The topological polar surface area (TPSA) is 46.5 Å². The summed E-state index contributed by atoms with van der Waals surface area (Å²) in [5.74, 6) is 0.541. The molecule has 0 aromatic heterocycles. The zero-order chi connectivity index (χ0) is 11.5. The van der Waals surface area contributed by atoms with Gasteiger partial charge in [0.15, 0.2) is 5.78 Å². The lowest BCUT2D eigenvalue weighted by Crippen LogP contribution is -2.35. The molecule has 0 radical (unpaired) electrons. The van der Waals surface area contributed by atoms with E-state index in [1.807, 2.05) is 24.3 Å². The zero-order valence-electron chi connectivity index (χ0n) is 9.28. The second-order valence-corrected chi connectivity index (χ2v) is 3.85. The van der Waals surface area contributed by atoms with Gasteiger partial charge in [0.2, 0.25) is 0 Å². The van der Waals surface area contributed by atoms with E-state index >= 15 is 0 Å². The summed E-state index contributed by atoms with van der Waals surface area (Å²) in [5, 5.41) is 9.79. The van der Waals surface area contributed by atoms with E-state index in [1.165, 1.54) is 13.8 Å². The van der Waals surface area contributed by atoms with E-state index < -0.39 is 5.60 Å². The molecule has 0 aliphatic carbocycles. The number of carbonyl (C=O) groups excluding carboxylic acids is 1. The van der Waals surface area contributed by atoms with E-state index in [4.69, 9.17) is 4.74 Å². The molecule has 1 unspecified atom stereocenters. The number of methoxy groups -OCH3 is 1. The number of benzene rings is 1. The number of ketones is 1. The van der Waals surface area contributed by atoms with Crippen molar-refractivity contribution in [2.45, 2.75) is 25.9 Å². The SMILES string of the molecule is COc1ccc(CC(C)(O)C(C)=O)cc1. The van der Waals surface area contributed by atoms with Crippen LogP contribution >= 0.6 is 0 Å². The second kappa shape index (κ2) is 4.45. The zero-order valence-corrected chi connectivity index (χ0v) is 9.28. The highest BCUT2D eigenvalue weighted by Crippen LogP contribution is 2.17. The van der Waals surface area contributed by atoms with Crippen LogP contribution in [0.2, 0.25) is 0 Å². The summed E-state index contributed by atoms with van der Waals surface area (Å²) in [7, 11) is 1.60.